The highest BCUT2D eigenvalue weighted by Crippen LogP contribution is 2.29. The molecule has 4 rings (SSSR count). The van der Waals surface area contributed by atoms with E-state index in [4.69, 9.17) is 22.0 Å². The molecule has 2 aromatic carbocycles. The van der Waals surface area contributed by atoms with Crippen molar-refractivity contribution >= 4 is 22.9 Å². The number of nitrogens with one attached hydrogen (secondary N) is 2. The van der Waals surface area contributed by atoms with Crippen molar-refractivity contribution in [3.8, 4) is 22.5 Å². The number of aromatic nitrogens is 3. The Kier molecular flexibility index (Phi) is 5.10. The molecule has 0 spiro atoms. The lowest BCUT2D eigenvalue weighted by Crippen LogP contribution is -2.13. The molecule has 0 atom stereocenters. The molecule has 0 aliphatic heterocycles. The minimum Gasteiger partial charge on any atom is -0.398 e. The van der Waals surface area contributed by atoms with Crippen LogP contribution in [0.2, 0.25) is 0 Å². The molecule has 6 N–H and O–H groups in total. The molecule has 0 aliphatic carbocycles. The number of nitrogens with zero attached hydrogens (tertiary/aromatic N) is 3. The summed E-state index contributed by atoms with van der Waals surface area (Å²) in [5, 5.41) is 16.0. The molecule has 152 valence electrons. The molecule has 0 radical (unpaired) electrons. The number of nitrogen functional groups attached to an aromatic ring is 2. The summed E-state index contributed by atoms with van der Waals surface area (Å²) in [6.07, 6.45) is 1.79. The van der Waals surface area contributed by atoms with E-state index in [1.165, 1.54) is 0 Å². The van der Waals surface area contributed by atoms with E-state index >= 15 is 0 Å². The number of rotatable bonds is 6. The van der Waals surface area contributed by atoms with E-state index in [1.54, 1.807) is 18.3 Å². The zero-order valence-electron chi connectivity index (χ0n) is 17.1. The maximum absolute atomic E-state index is 7.64. The van der Waals surface area contributed by atoms with Gasteiger partial charge in [-0.2, -0.15) is 5.10 Å². The summed E-state index contributed by atoms with van der Waals surface area (Å²) in [7, 11) is 0. The summed E-state index contributed by atoms with van der Waals surface area (Å²) >= 11 is 0. The van der Waals surface area contributed by atoms with E-state index < -0.39 is 0 Å². The summed E-state index contributed by atoms with van der Waals surface area (Å²) in [5.74, 6) is 0.439. The SMILES string of the molecule is CC(C)CNc1cc(-c2ccccc2)nn2c(-c3ccc(C(=N)N)c(N)c3)cnc12. The lowest BCUT2D eigenvalue weighted by molar-refractivity contribution is 0.688. The molecule has 4 aromatic rings. The van der Waals surface area contributed by atoms with Gasteiger partial charge >= 0.3 is 0 Å². The fourth-order valence-electron chi connectivity index (χ4n) is 3.33. The van der Waals surface area contributed by atoms with E-state index in [9.17, 15) is 0 Å². The normalized spacial score (nSPS) is 11.2. The van der Waals surface area contributed by atoms with Gasteiger partial charge in [-0.05, 0) is 24.1 Å². The van der Waals surface area contributed by atoms with Gasteiger partial charge in [0.25, 0.3) is 0 Å². The van der Waals surface area contributed by atoms with Gasteiger partial charge in [0.15, 0.2) is 5.65 Å². The van der Waals surface area contributed by atoms with Crippen molar-refractivity contribution in [2.45, 2.75) is 13.8 Å². The molecule has 0 bridgehead atoms. The molecule has 7 heteroatoms. The zero-order valence-corrected chi connectivity index (χ0v) is 17.1. The second-order valence-electron chi connectivity index (χ2n) is 7.68. The molecule has 0 aliphatic rings. The molecule has 0 fully saturated rings. The number of imidazole rings is 1. The van der Waals surface area contributed by atoms with Crippen LogP contribution in [0.25, 0.3) is 28.2 Å². The lowest BCUT2D eigenvalue weighted by atomic mass is 10.1. The van der Waals surface area contributed by atoms with E-state index in [2.05, 4.69) is 24.1 Å². The standard InChI is InChI=1S/C23H25N7/c1-14(2)12-27-20-11-19(15-6-4-3-5-7-15)29-30-21(13-28-23(20)30)16-8-9-17(22(25)26)18(24)10-16/h3-11,13-14,27H,12,24H2,1-2H3,(H3,25,26). The molecule has 2 aromatic heterocycles. The van der Waals surface area contributed by atoms with Crippen LogP contribution in [0.5, 0.6) is 0 Å². The number of nitrogens with two attached hydrogens (primary N) is 2. The van der Waals surface area contributed by atoms with Gasteiger partial charge in [-0.25, -0.2) is 9.50 Å². The quantitative estimate of drug-likeness (QED) is 0.222. The fourth-order valence-corrected chi connectivity index (χ4v) is 3.33. The van der Waals surface area contributed by atoms with Crippen LogP contribution in [0.3, 0.4) is 0 Å². The summed E-state index contributed by atoms with van der Waals surface area (Å²) < 4.78 is 1.84. The van der Waals surface area contributed by atoms with Crippen LogP contribution in [0.15, 0.2) is 60.8 Å². The van der Waals surface area contributed by atoms with Crippen molar-refractivity contribution in [1.82, 2.24) is 14.6 Å². The third-order valence-electron chi connectivity index (χ3n) is 4.88. The second-order valence-corrected chi connectivity index (χ2v) is 7.68. The monoisotopic (exact) mass is 399 g/mol. The Hall–Kier alpha value is -3.87. The predicted molar refractivity (Wildman–Crippen MR) is 123 cm³/mol. The average molecular weight is 400 g/mol. The highest BCUT2D eigenvalue weighted by atomic mass is 15.3. The molecule has 0 saturated heterocycles. The number of hydrogen-bond acceptors (Lipinski definition) is 5. The van der Waals surface area contributed by atoms with Gasteiger partial charge in [0.05, 0.1) is 23.3 Å². The zero-order chi connectivity index (χ0) is 21.3. The minimum atomic E-state index is -0.0538. The van der Waals surface area contributed by atoms with Crippen LogP contribution in [-0.4, -0.2) is 27.0 Å². The highest BCUT2D eigenvalue weighted by molar-refractivity contribution is 6.00. The molecule has 0 amide bonds. The molecule has 0 unspecified atom stereocenters. The first-order valence-electron chi connectivity index (χ1n) is 9.86. The van der Waals surface area contributed by atoms with Crippen molar-refractivity contribution in [3.63, 3.8) is 0 Å². The van der Waals surface area contributed by atoms with Gasteiger partial charge in [-0.15, -0.1) is 0 Å². The van der Waals surface area contributed by atoms with Gasteiger partial charge in [-0.1, -0.05) is 50.2 Å². The van der Waals surface area contributed by atoms with Crippen LogP contribution in [0.1, 0.15) is 19.4 Å². The Labute approximate surface area is 175 Å². The Morgan fingerprint density at radius 2 is 1.87 bits per heavy atom. The Balaban J connectivity index is 1.89. The summed E-state index contributed by atoms with van der Waals surface area (Å²) in [6.45, 7) is 5.16. The number of hydrogen-bond donors (Lipinski definition) is 4. The van der Waals surface area contributed by atoms with Crippen molar-refractivity contribution in [2.24, 2.45) is 11.7 Å². The van der Waals surface area contributed by atoms with E-state index in [0.29, 0.717) is 17.2 Å². The Morgan fingerprint density at radius 3 is 2.53 bits per heavy atom. The minimum absolute atomic E-state index is 0.0538. The van der Waals surface area contributed by atoms with Crippen LogP contribution in [-0.2, 0) is 0 Å². The number of amidine groups is 1. The first kappa shape index (κ1) is 19.4. The van der Waals surface area contributed by atoms with Gasteiger partial charge in [0.1, 0.15) is 5.84 Å². The van der Waals surface area contributed by atoms with Crippen molar-refractivity contribution in [1.29, 1.82) is 5.41 Å². The third-order valence-corrected chi connectivity index (χ3v) is 4.88. The highest BCUT2D eigenvalue weighted by Gasteiger charge is 2.15. The van der Waals surface area contributed by atoms with Crippen molar-refractivity contribution in [3.05, 3.63) is 66.4 Å². The van der Waals surface area contributed by atoms with Gasteiger partial charge in [-0.3, -0.25) is 5.41 Å². The maximum atomic E-state index is 7.64. The largest absolute Gasteiger partial charge is 0.398 e. The van der Waals surface area contributed by atoms with Gasteiger partial charge in [0, 0.05) is 28.9 Å². The molecular formula is C23H25N7. The predicted octanol–water partition coefficient (Wildman–Crippen LogP) is 4.00. The van der Waals surface area contributed by atoms with Gasteiger partial charge < -0.3 is 16.8 Å². The molecule has 2 heterocycles. The Bertz CT molecular complexity index is 1210. The van der Waals surface area contributed by atoms with Crippen molar-refractivity contribution in [2.75, 3.05) is 17.6 Å². The molecule has 30 heavy (non-hydrogen) atoms. The summed E-state index contributed by atoms with van der Waals surface area (Å²) in [5.41, 5.74) is 17.9. The number of anilines is 2. The molecular weight excluding hydrogens is 374 g/mol. The molecule has 0 saturated carbocycles. The lowest BCUT2D eigenvalue weighted by Gasteiger charge is -2.13. The first-order valence-corrected chi connectivity index (χ1v) is 9.86. The smallest absolute Gasteiger partial charge is 0.177 e. The number of benzene rings is 2. The van der Waals surface area contributed by atoms with Crippen molar-refractivity contribution < 1.29 is 0 Å². The first-order chi connectivity index (χ1) is 14.4. The number of fused-ring (bicyclic) bond motifs is 1. The van der Waals surface area contributed by atoms with Crippen LogP contribution in [0, 0.1) is 11.3 Å². The third kappa shape index (κ3) is 3.69. The maximum Gasteiger partial charge on any atom is 0.177 e. The van der Waals surface area contributed by atoms with Crippen LogP contribution in [0.4, 0.5) is 11.4 Å². The summed E-state index contributed by atoms with van der Waals surface area (Å²) in [4.78, 5) is 4.63. The van der Waals surface area contributed by atoms with Gasteiger partial charge in [0.2, 0.25) is 0 Å². The fraction of sp³-hybridized carbons (Fsp3) is 0.174. The molecule has 7 nitrogen and oxygen atoms in total. The van der Waals surface area contributed by atoms with E-state index in [-0.39, 0.29) is 5.84 Å². The Morgan fingerprint density at radius 1 is 1.10 bits per heavy atom. The van der Waals surface area contributed by atoms with Crippen LogP contribution < -0.4 is 16.8 Å². The second kappa shape index (κ2) is 7.87. The van der Waals surface area contributed by atoms with E-state index in [0.717, 1.165) is 40.4 Å². The summed E-state index contributed by atoms with van der Waals surface area (Å²) in [6, 6.07) is 17.5. The van der Waals surface area contributed by atoms with Crippen LogP contribution >= 0.6 is 0 Å². The average Bonchev–Trinajstić information content (AvgIpc) is 3.16. The topological polar surface area (TPSA) is 118 Å². The van der Waals surface area contributed by atoms with E-state index in [1.807, 2.05) is 47.0 Å².